The van der Waals surface area contributed by atoms with Crippen LogP contribution in [0.3, 0.4) is 0 Å². The number of nitrogens with two attached hydrogens (primary N) is 1. The monoisotopic (exact) mass is 675 g/mol. The Morgan fingerprint density at radius 3 is 2.45 bits per heavy atom. The molecular formula is C40H55N2O3S2+. The van der Waals surface area contributed by atoms with Gasteiger partial charge in [0.25, 0.3) is 0 Å². The van der Waals surface area contributed by atoms with Gasteiger partial charge in [-0.2, -0.15) is 0 Å². The van der Waals surface area contributed by atoms with Crippen LogP contribution in [0.4, 0.5) is 0 Å². The van der Waals surface area contributed by atoms with E-state index in [-0.39, 0.29) is 22.8 Å². The second kappa shape index (κ2) is 14.4. The van der Waals surface area contributed by atoms with Crippen molar-refractivity contribution in [3.05, 3.63) is 88.3 Å². The number of carbonyl (C=O) groups excluding carboxylic acids is 1. The number of carbonyl (C=O) groups is 1. The summed E-state index contributed by atoms with van der Waals surface area (Å²) in [5.41, 5.74) is 13.3. The standard InChI is InChI=1S/C40H55N2O3S2/c1-28-30-13-14-31-24-40(38(5,6)7)25-33(39(31,8)44-45-40)23-36(35(28)22-32(21-30)37(2,3)4)29-15-18-42(19-16-29)17-11-9-10-12-20-46-47-27-34(41)26-43/h13-16,18-19,21-23,25-26,31,34H,9-12,17,20,24,27,41H2,1-8H3/q+1/b14-13-,36-23-. The number of benzene rings is 1. The number of rotatable bonds is 12. The molecule has 4 aliphatic rings. The molecule has 47 heavy (non-hydrogen) atoms. The molecule has 4 unspecified atom stereocenters. The number of hydrogen-bond acceptors (Lipinski definition) is 6. The first-order chi connectivity index (χ1) is 22.2. The van der Waals surface area contributed by atoms with E-state index in [4.69, 9.17) is 15.5 Å². The van der Waals surface area contributed by atoms with Gasteiger partial charge in [0, 0.05) is 36.0 Å². The van der Waals surface area contributed by atoms with Crippen LogP contribution in [0.25, 0.3) is 11.6 Å². The van der Waals surface area contributed by atoms with Crippen LogP contribution in [0.1, 0.15) is 108 Å². The molecule has 2 aliphatic heterocycles. The van der Waals surface area contributed by atoms with E-state index in [0.717, 1.165) is 31.4 Å². The Morgan fingerprint density at radius 1 is 1.04 bits per heavy atom. The van der Waals surface area contributed by atoms with Gasteiger partial charge >= 0.3 is 0 Å². The van der Waals surface area contributed by atoms with Crippen LogP contribution in [0, 0.1) is 18.3 Å². The predicted octanol–water partition coefficient (Wildman–Crippen LogP) is 8.96. The molecule has 1 fully saturated rings. The van der Waals surface area contributed by atoms with Gasteiger partial charge in [-0.15, -0.1) is 0 Å². The van der Waals surface area contributed by atoms with Crippen LogP contribution < -0.4 is 10.3 Å². The number of pyridine rings is 1. The highest BCUT2D eigenvalue weighted by atomic mass is 33.1. The SMILES string of the molecule is Cc1c2cc(C(C)(C)C)cc1/C(c1cc[n+](CCCCCCSSCC(N)C=O)cc1)=C\C1=CC3(C(C)(C)C)CC(/C=C\2)C1(C)OO3. The van der Waals surface area contributed by atoms with Crippen LogP contribution >= 0.6 is 21.6 Å². The molecule has 7 heteroatoms. The van der Waals surface area contributed by atoms with E-state index in [0.29, 0.717) is 5.75 Å². The van der Waals surface area contributed by atoms with E-state index in [1.807, 2.05) is 10.8 Å². The third-order valence-electron chi connectivity index (χ3n) is 10.4. The third kappa shape index (κ3) is 7.86. The summed E-state index contributed by atoms with van der Waals surface area (Å²) in [6.07, 6.45) is 20.4. The van der Waals surface area contributed by atoms with Crippen molar-refractivity contribution < 1.29 is 19.1 Å². The first kappa shape index (κ1) is 36.1. The third-order valence-corrected chi connectivity index (χ3v) is 12.9. The Balaban J connectivity index is 1.42. The lowest BCUT2D eigenvalue weighted by molar-refractivity contribution is -0.697. The molecule has 2 aliphatic carbocycles. The van der Waals surface area contributed by atoms with Gasteiger partial charge in [-0.25, -0.2) is 14.3 Å². The topological polar surface area (TPSA) is 65.4 Å². The summed E-state index contributed by atoms with van der Waals surface area (Å²) in [6.45, 7) is 19.1. The molecule has 6 bridgehead atoms. The van der Waals surface area contributed by atoms with Crippen LogP contribution in [0.2, 0.25) is 0 Å². The van der Waals surface area contributed by atoms with Gasteiger partial charge in [-0.05, 0) is 95.1 Å². The number of hydrogen-bond donors (Lipinski definition) is 1. The molecule has 0 amide bonds. The highest BCUT2D eigenvalue weighted by Gasteiger charge is 2.59. The molecule has 4 atom stereocenters. The molecule has 2 aromatic rings. The van der Waals surface area contributed by atoms with Gasteiger partial charge < -0.3 is 10.5 Å². The molecule has 0 saturated carbocycles. The number of nitrogens with zero attached hydrogens (tertiary/aromatic N) is 1. The van der Waals surface area contributed by atoms with Crippen molar-refractivity contribution in [2.45, 2.75) is 117 Å². The first-order valence-corrected chi connectivity index (χ1v) is 19.8. The van der Waals surface area contributed by atoms with Gasteiger partial charge in [0.2, 0.25) is 0 Å². The van der Waals surface area contributed by atoms with Crippen molar-refractivity contribution in [3.8, 4) is 0 Å². The van der Waals surface area contributed by atoms with Crippen LogP contribution in [-0.2, 0) is 26.5 Å². The fraction of sp³-hybridized carbons (Fsp3) is 0.550. The van der Waals surface area contributed by atoms with Gasteiger partial charge in [-0.1, -0.05) is 93.8 Å². The summed E-state index contributed by atoms with van der Waals surface area (Å²) in [4.78, 5) is 23.3. The average Bonchev–Trinajstić information content (AvgIpc) is 3.01. The van der Waals surface area contributed by atoms with Gasteiger partial charge in [0.15, 0.2) is 12.4 Å². The Labute approximate surface area is 291 Å². The Morgan fingerprint density at radius 2 is 1.77 bits per heavy atom. The average molecular weight is 676 g/mol. The highest BCUT2D eigenvalue weighted by Crippen LogP contribution is 2.56. The van der Waals surface area contributed by atoms with Crippen molar-refractivity contribution in [2.75, 3.05) is 11.5 Å². The molecule has 0 radical (unpaired) electrons. The first-order valence-electron chi connectivity index (χ1n) is 17.3. The molecule has 5 nitrogen and oxygen atoms in total. The van der Waals surface area contributed by atoms with E-state index in [1.54, 1.807) is 10.8 Å². The van der Waals surface area contributed by atoms with Gasteiger partial charge in [0.05, 0.1) is 6.04 Å². The zero-order chi connectivity index (χ0) is 34.0. The number of aromatic nitrogens is 1. The number of aryl methyl sites for hydroxylation is 1. The molecule has 1 aromatic carbocycles. The normalized spacial score (nSPS) is 26.3. The Hall–Kier alpha value is -2.16. The van der Waals surface area contributed by atoms with E-state index in [9.17, 15) is 4.79 Å². The summed E-state index contributed by atoms with van der Waals surface area (Å²) in [6, 6.07) is 9.01. The zero-order valence-corrected chi connectivity index (χ0v) is 31.4. The van der Waals surface area contributed by atoms with Crippen molar-refractivity contribution >= 4 is 39.5 Å². The maximum atomic E-state index is 10.7. The molecule has 1 aromatic heterocycles. The second-order valence-corrected chi connectivity index (χ2v) is 18.5. The smallest absolute Gasteiger partial charge is 0.169 e. The summed E-state index contributed by atoms with van der Waals surface area (Å²) in [5, 5.41) is 0. The molecule has 0 spiro atoms. The minimum absolute atomic E-state index is 0.0226. The number of aldehydes is 1. The zero-order valence-electron chi connectivity index (χ0n) is 29.7. The van der Waals surface area contributed by atoms with Crippen LogP contribution in [0.5, 0.6) is 0 Å². The van der Waals surface area contributed by atoms with E-state index >= 15 is 0 Å². The second-order valence-electron chi connectivity index (χ2n) is 15.9. The maximum Gasteiger partial charge on any atom is 0.169 e. The largest absolute Gasteiger partial charge is 0.321 e. The van der Waals surface area contributed by atoms with Crippen molar-refractivity contribution in [1.29, 1.82) is 0 Å². The lowest BCUT2D eigenvalue weighted by Gasteiger charge is -2.56. The summed E-state index contributed by atoms with van der Waals surface area (Å²) < 4.78 is 2.31. The highest BCUT2D eigenvalue weighted by molar-refractivity contribution is 8.76. The van der Waals surface area contributed by atoms with Crippen LogP contribution in [0.15, 0.2) is 60.5 Å². The molecule has 254 valence electrons. The fourth-order valence-electron chi connectivity index (χ4n) is 6.74. The summed E-state index contributed by atoms with van der Waals surface area (Å²) >= 11 is 0. The fourth-order valence-corrected chi connectivity index (χ4v) is 8.98. The molecular weight excluding hydrogens is 621 g/mol. The van der Waals surface area contributed by atoms with Crippen molar-refractivity contribution in [2.24, 2.45) is 17.1 Å². The minimum atomic E-state index is -0.569. The number of fused-ring (bicyclic) bond motifs is 3. The van der Waals surface area contributed by atoms with Crippen LogP contribution in [-0.4, -0.2) is 35.0 Å². The minimum Gasteiger partial charge on any atom is -0.321 e. The van der Waals surface area contributed by atoms with E-state index in [1.165, 1.54) is 58.2 Å². The van der Waals surface area contributed by atoms with E-state index < -0.39 is 11.2 Å². The van der Waals surface area contributed by atoms with Crippen molar-refractivity contribution in [3.63, 3.8) is 0 Å². The van der Waals surface area contributed by atoms with Gasteiger partial charge in [0.1, 0.15) is 24.0 Å². The Kier molecular flexibility index (Phi) is 11.0. The van der Waals surface area contributed by atoms with Crippen molar-refractivity contribution in [1.82, 2.24) is 0 Å². The van der Waals surface area contributed by atoms with E-state index in [2.05, 4.69) is 121 Å². The maximum absolute atomic E-state index is 10.7. The van der Waals surface area contributed by atoms with Gasteiger partial charge in [-0.3, -0.25) is 0 Å². The lowest BCUT2D eigenvalue weighted by atomic mass is 9.61. The molecule has 3 heterocycles. The molecule has 1 saturated heterocycles. The quantitative estimate of drug-likeness (QED) is 0.0797. The summed E-state index contributed by atoms with van der Waals surface area (Å²) in [7, 11) is 3.52. The lowest BCUT2D eigenvalue weighted by Crippen LogP contribution is -2.60. The molecule has 2 N–H and O–H groups in total. The summed E-state index contributed by atoms with van der Waals surface area (Å²) in [5.74, 6) is 1.97. The Bertz CT molecular complexity index is 1530. The number of unbranched alkanes of at least 4 members (excludes halogenated alkanes) is 3. The predicted molar refractivity (Wildman–Crippen MR) is 199 cm³/mol. The molecule has 6 rings (SSSR count).